The Kier molecular flexibility index (Phi) is 4.44. The van der Waals surface area contributed by atoms with Crippen molar-refractivity contribution in [3.63, 3.8) is 0 Å². The molecule has 0 aliphatic heterocycles. The van der Waals surface area contributed by atoms with Gasteiger partial charge in [0.15, 0.2) is 0 Å². The molecule has 0 fully saturated rings. The van der Waals surface area contributed by atoms with Crippen LogP contribution in [0.1, 0.15) is 29.7 Å². The number of hydrogen-bond acceptors (Lipinski definition) is 1. The largest absolute Gasteiger partial charge is 0.384 e. The van der Waals surface area contributed by atoms with Gasteiger partial charge < -0.3 is 5.11 Å². The van der Waals surface area contributed by atoms with E-state index in [0.717, 1.165) is 22.0 Å². The molecule has 0 aromatic heterocycles. The van der Waals surface area contributed by atoms with Crippen molar-refractivity contribution in [2.24, 2.45) is 0 Å². The lowest BCUT2D eigenvalue weighted by Crippen LogP contribution is -2.01. The van der Waals surface area contributed by atoms with Crippen LogP contribution in [0.2, 0.25) is 5.02 Å². The fraction of sp³-hybridized carbons (Fsp3) is 0.200. The summed E-state index contributed by atoms with van der Waals surface area (Å²) in [5.74, 6) is 0. The van der Waals surface area contributed by atoms with E-state index < -0.39 is 6.10 Å². The molecule has 2 aromatic carbocycles. The van der Waals surface area contributed by atoms with E-state index >= 15 is 0 Å². The Bertz CT molecular complexity index is 537. The molecule has 0 spiro atoms. The summed E-state index contributed by atoms with van der Waals surface area (Å²) >= 11 is 9.40. The zero-order valence-electron chi connectivity index (χ0n) is 10.0. The highest BCUT2D eigenvalue weighted by molar-refractivity contribution is 9.10. The Labute approximate surface area is 121 Å². The molecule has 18 heavy (non-hydrogen) atoms. The zero-order valence-corrected chi connectivity index (χ0v) is 12.4. The van der Waals surface area contributed by atoms with Crippen LogP contribution in [-0.2, 0) is 6.42 Å². The van der Waals surface area contributed by atoms with Crippen LogP contribution in [0.3, 0.4) is 0 Å². The average molecular weight is 326 g/mol. The molecule has 94 valence electrons. The average Bonchev–Trinajstić information content (AvgIpc) is 2.41. The molecule has 0 saturated heterocycles. The number of rotatable bonds is 3. The van der Waals surface area contributed by atoms with Crippen molar-refractivity contribution in [1.82, 2.24) is 0 Å². The van der Waals surface area contributed by atoms with E-state index in [2.05, 4.69) is 22.9 Å². The van der Waals surface area contributed by atoms with Crippen LogP contribution in [0.15, 0.2) is 46.9 Å². The van der Waals surface area contributed by atoms with Gasteiger partial charge in [0.2, 0.25) is 0 Å². The molecule has 1 nitrogen and oxygen atoms in total. The predicted octanol–water partition coefficient (Wildman–Crippen LogP) is 4.75. The molecule has 0 amide bonds. The molecule has 0 heterocycles. The molecule has 0 aliphatic rings. The summed E-state index contributed by atoms with van der Waals surface area (Å²) < 4.78 is 0.860. The highest BCUT2D eigenvalue weighted by atomic mass is 79.9. The van der Waals surface area contributed by atoms with E-state index in [9.17, 15) is 5.11 Å². The quantitative estimate of drug-likeness (QED) is 0.863. The first-order chi connectivity index (χ1) is 8.61. The fourth-order valence-corrected chi connectivity index (χ4v) is 2.48. The summed E-state index contributed by atoms with van der Waals surface area (Å²) in [6.07, 6.45) is 0.334. The first-order valence-corrected chi connectivity index (χ1v) is 7.00. The maximum Gasteiger partial charge on any atom is 0.105 e. The molecule has 0 saturated carbocycles. The Hall–Kier alpha value is -0.830. The van der Waals surface area contributed by atoms with Crippen LogP contribution >= 0.6 is 27.5 Å². The van der Waals surface area contributed by atoms with E-state index in [1.165, 1.54) is 5.56 Å². The zero-order chi connectivity index (χ0) is 13.1. The van der Waals surface area contributed by atoms with E-state index in [4.69, 9.17) is 11.6 Å². The number of halogens is 2. The Morgan fingerprint density at radius 1 is 1.17 bits per heavy atom. The minimum absolute atomic E-state index is 0.623. The van der Waals surface area contributed by atoms with Gasteiger partial charge in [-0.25, -0.2) is 0 Å². The Morgan fingerprint density at radius 3 is 2.44 bits per heavy atom. The first kappa shape index (κ1) is 13.6. The molecule has 2 rings (SSSR count). The lowest BCUT2D eigenvalue weighted by atomic mass is 10.00. The summed E-state index contributed by atoms with van der Waals surface area (Å²) in [5.41, 5.74) is 2.91. The molecule has 3 heteroatoms. The molecule has 1 N–H and O–H groups in total. The van der Waals surface area contributed by atoms with Crippen molar-refractivity contribution in [3.05, 3.63) is 68.7 Å². The molecular weight excluding hydrogens is 312 g/mol. The lowest BCUT2D eigenvalue weighted by Gasteiger charge is -2.14. The Balaban J connectivity index is 2.34. The third-order valence-corrected chi connectivity index (χ3v) is 3.91. The van der Waals surface area contributed by atoms with Crippen molar-refractivity contribution in [3.8, 4) is 0 Å². The Morgan fingerprint density at radius 2 is 1.83 bits per heavy atom. The third-order valence-electron chi connectivity index (χ3n) is 2.96. The number of aliphatic hydroxyl groups is 1. The topological polar surface area (TPSA) is 20.2 Å². The molecule has 0 radical (unpaired) electrons. The van der Waals surface area contributed by atoms with Crippen molar-refractivity contribution < 1.29 is 5.11 Å². The minimum Gasteiger partial charge on any atom is -0.384 e. The molecule has 2 aromatic rings. The first-order valence-electron chi connectivity index (χ1n) is 5.83. The molecule has 0 bridgehead atoms. The predicted molar refractivity (Wildman–Crippen MR) is 79.0 cm³/mol. The van der Waals surface area contributed by atoms with E-state index in [1.807, 2.05) is 30.3 Å². The molecule has 0 aliphatic carbocycles. The second-order valence-electron chi connectivity index (χ2n) is 4.16. The number of aliphatic hydroxyl groups excluding tert-OH is 1. The van der Waals surface area contributed by atoms with Gasteiger partial charge in [0, 0.05) is 15.1 Å². The monoisotopic (exact) mass is 324 g/mol. The van der Waals surface area contributed by atoms with Gasteiger partial charge in [-0.1, -0.05) is 58.7 Å². The summed E-state index contributed by atoms with van der Waals surface area (Å²) in [6, 6.07) is 13.4. The van der Waals surface area contributed by atoms with Crippen LogP contribution in [0.25, 0.3) is 0 Å². The van der Waals surface area contributed by atoms with Gasteiger partial charge in [-0.05, 0) is 35.7 Å². The van der Waals surface area contributed by atoms with Gasteiger partial charge >= 0.3 is 0 Å². The van der Waals surface area contributed by atoms with E-state index in [-0.39, 0.29) is 0 Å². The SMILES string of the molecule is CCc1ccc(C(O)c2cc(Cl)ccc2Br)cc1. The van der Waals surface area contributed by atoms with Crippen LogP contribution in [0.4, 0.5) is 0 Å². The molecule has 1 unspecified atom stereocenters. The second kappa shape index (κ2) is 5.87. The van der Waals surface area contributed by atoms with Crippen LogP contribution in [0.5, 0.6) is 0 Å². The smallest absolute Gasteiger partial charge is 0.105 e. The molecular formula is C15H14BrClO. The van der Waals surface area contributed by atoms with Crippen LogP contribution < -0.4 is 0 Å². The van der Waals surface area contributed by atoms with Gasteiger partial charge in [-0.3, -0.25) is 0 Å². The summed E-state index contributed by atoms with van der Waals surface area (Å²) in [7, 11) is 0. The number of aryl methyl sites for hydroxylation is 1. The maximum absolute atomic E-state index is 10.4. The van der Waals surface area contributed by atoms with Gasteiger partial charge in [0.25, 0.3) is 0 Å². The summed E-state index contributed by atoms with van der Waals surface area (Å²) in [5, 5.41) is 11.0. The summed E-state index contributed by atoms with van der Waals surface area (Å²) in [4.78, 5) is 0. The molecule has 1 atom stereocenters. The van der Waals surface area contributed by atoms with Crippen molar-refractivity contribution >= 4 is 27.5 Å². The van der Waals surface area contributed by atoms with Gasteiger partial charge in [0.1, 0.15) is 6.10 Å². The third kappa shape index (κ3) is 2.94. The van der Waals surface area contributed by atoms with Crippen LogP contribution in [-0.4, -0.2) is 5.11 Å². The highest BCUT2D eigenvalue weighted by Crippen LogP contribution is 2.30. The van der Waals surface area contributed by atoms with Crippen LogP contribution in [0, 0.1) is 0 Å². The van der Waals surface area contributed by atoms with E-state index in [1.54, 1.807) is 12.1 Å². The normalized spacial score (nSPS) is 12.4. The van der Waals surface area contributed by atoms with E-state index in [0.29, 0.717) is 5.02 Å². The van der Waals surface area contributed by atoms with Crippen molar-refractivity contribution in [2.75, 3.05) is 0 Å². The maximum atomic E-state index is 10.4. The fourth-order valence-electron chi connectivity index (χ4n) is 1.84. The number of hydrogen-bond donors (Lipinski definition) is 1. The van der Waals surface area contributed by atoms with Gasteiger partial charge in [-0.15, -0.1) is 0 Å². The standard InChI is InChI=1S/C15H14BrClO/c1-2-10-3-5-11(6-4-10)15(18)13-9-12(17)7-8-14(13)16/h3-9,15,18H,2H2,1H3. The van der Waals surface area contributed by atoms with Gasteiger partial charge in [-0.2, -0.15) is 0 Å². The van der Waals surface area contributed by atoms with Crippen molar-refractivity contribution in [1.29, 1.82) is 0 Å². The highest BCUT2D eigenvalue weighted by Gasteiger charge is 2.14. The lowest BCUT2D eigenvalue weighted by molar-refractivity contribution is 0.219. The van der Waals surface area contributed by atoms with Crippen molar-refractivity contribution in [2.45, 2.75) is 19.4 Å². The summed E-state index contributed by atoms with van der Waals surface area (Å²) in [6.45, 7) is 2.11. The van der Waals surface area contributed by atoms with Gasteiger partial charge in [0.05, 0.1) is 0 Å². The number of benzene rings is 2. The second-order valence-corrected chi connectivity index (χ2v) is 5.45. The minimum atomic E-state index is -0.663.